The lowest BCUT2D eigenvalue weighted by Crippen LogP contribution is -2.33. The minimum atomic E-state index is -0.191. The monoisotopic (exact) mass is 414 g/mol. The lowest BCUT2D eigenvalue weighted by Gasteiger charge is -2.38. The molecule has 4 nitrogen and oxygen atoms in total. The topological polar surface area (TPSA) is 44.8 Å². The quantitative estimate of drug-likeness (QED) is 0.525. The number of ether oxygens (including phenoxy) is 3. The first-order chi connectivity index (χ1) is 14.9. The van der Waals surface area contributed by atoms with Gasteiger partial charge in [-0.3, -0.25) is 4.79 Å². The number of fused-ring (bicyclic) bond motifs is 3. The van der Waals surface area contributed by atoms with E-state index in [0.717, 1.165) is 56.9 Å². The molecule has 0 spiro atoms. The van der Waals surface area contributed by atoms with Crippen molar-refractivity contribution in [3.8, 4) is 17.2 Å². The van der Waals surface area contributed by atoms with Gasteiger partial charge in [-0.15, -0.1) is 0 Å². The summed E-state index contributed by atoms with van der Waals surface area (Å²) in [5.41, 5.74) is 2.75. The molecule has 2 aliphatic rings. The van der Waals surface area contributed by atoms with E-state index in [1.165, 1.54) is 0 Å². The number of Topliss-reactive ketones (excluding diaryl/α,β-unsaturated/α-hetero) is 1. The van der Waals surface area contributed by atoms with Gasteiger partial charge < -0.3 is 14.2 Å². The van der Waals surface area contributed by atoms with Crippen LogP contribution in [0.3, 0.4) is 0 Å². The van der Waals surface area contributed by atoms with E-state index < -0.39 is 0 Å². The fourth-order valence-electron chi connectivity index (χ4n) is 4.91. The summed E-state index contributed by atoms with van der Waals surface area (Å²) >= 11 is 0. The van der Waals surface area contributed by atoms with Crippen LogP contribution in [0.5, 0.6) is 17.2 Å². The maximum absolute atomic E-state index is 13.4. The number of hydrogen-bond donors (Lipinski definition) is 0. The zero-order valence-corrected chi connectivity index (χ0v) is 18.3. The Kier molecular flexibility index (Phi) is 4.54. The maximum Gasteiger partial charge on any atom is 0.163 e. The highest BCUT2D eigenvalue weighted by molar-refractivity contribution is 6.02. The molecule has 1 unspecified atom stereocenters. The van der Waals surface area contributed by atoms with Crippen LogP contribution in [-0.4, -0.2) is 20.0 Å². The highest BCUT2D eigenvalue weighted by Gasteiger charge is 2.42. The molecule has 0 bridgehead atoms. The summed E-state index contributed by atoms with van der Waals surface area (Å²) in [5, 5.41) is 2.14. The third-order valence-corrected chi connectivity index (χ3v) is 6.37. The predicted molar refractivity (Wildman–Crippen MR) is 121 cm³/mol. The van der Waals surface area contributed by atoms with Crippen molar-refractivity contribution in [2.45, 2.75) is 32.6 Å². The average molecular weight is 415 g/mol. The lowest BCUT2D eigenvalue weighted by molar-refractivity contribution is -0.118. The van der Waals surface area contributed by atoms with Gasteiger partial charge in [0.25, 0.3) is 0 Å². The molecule has 5 rings (SSSR count). The van der Waals surface area contributed by atoms with E-state index in [0.29, 0.717) is 6.42 Å². The van der Waals surface area contributed by atoms with Crippen LogP contribution in [0, 0.1) is 5.41 Å². The zero-order valence-electron chi connectivity index (χ0n) is 18.3. The molecule has 4 heteroatoms. The van der Waals surface area contributed by atoms with Crippen LogP contribution in [0.1, 0.15) is 43.7 Å². The Morgan fingerprint density at radius 1 is 0.903 bits per heavy atom. The van der Waals surface area contributed by atoms with Crippen LogP contribution in [0.15, 0.2) is 65.9 Å². The van der Waals surface area contributed by atoms with Gasteiger partial charge in [-0.2, -0.15) is 0 Å². The van der Waals surface area contributed by atoms with E-state index in [4.69, 9.17) is 14.2 Å². The number of hydrogen-bond acceptors (Lipinski definition) is 4. The number of benzene rings is 3. The molecule has 1 atom stereocenters. The summed E-state index contributed by atoms with van der Waals surface area (Å²) in [6.07, 6.45) is 1.27. The smallest absolute Gasteiger partial charge is 0.163 e. The first kappa shape index (κ1) is 19.7. The molecule has 158 valence electrons. The third kappa shape index (κ3) is 3.27. The molecular weight excluding hydrogens is 388 g/mol. The molecule has 0 radical (unpaired) electrons. The highest BCUT2D eigenvalue weighted by Crippen LogP contribution is 2.52. The largest absolute Gasteiger partial charge is 0.497 e. The van der Waals surface area contributed by atoms with Gasteiger partial charge in [-0.1, -0.05) is 38.1 Å². The minimum Gasteiger partial charge on any atom is -0.497 e. The van der Waals surface area contributed by atoms with Crippen molar-refractivity contribution < 1.29 is 19.0 Å². The van der Waals surface area contributed by atoms with Crippen LogP contribution in [0.2, 0.25) is 0 Å². The van der Waals surface area contributed by atoms with Crippen molar-refractivity contribution in [1.29, 1.82) is 0 Å². The molecule has 31 heavy (non-hydrogen) atoms. The van der Waals surface area contributed by atoms with E-state index in [9.17, 15) is 4.79 Å². The van der Waals surface area contributed by atoms with Crippen LogP contribution in [0.25, 0.3) is 10.8 Å². The van der Waals surface area contributed by atoms with E-state index in [1.54, 1.807) is 14.2 Å². The van der Waals surface area contributed by atoms with E-state index in [1.807, 2.05) is 30.3 Å². The zero-order chi connectivity index (χ0) is 21.8. The Morgan fingerprint density at radius 2 is 1.58 bits per heavy atom. The second-order valence-corrected chi connectivity index (χ2v) is 9.15. The predicted octanol–water partition coefficient (Wildman–Crippen LogP) is 6.02. The van der Waals surface area contributed by atoms with Crippen LogP contribution in [0.4, 0.5) is 0 Å². The van der Waals surface area contributed by atoms with Crippen LogP contribution < -0.4 is 14.2 Å². The van der Waals surface area contributed by atoms with Gasteiger partial charge in [0.1, 0.15) is 23.0 Å². The first-order valence-electron chi connectivity index (χ1n) is 10.6. The molecule has 0 aromatic heterocycles. The minimum absolute atomic E-state index is 0.113. The molecule has 0 fully saturated rings. The first-order valence-corrected chi connectivity index (χ1v) is 10.6. The summed E-state index contributed by atoms with van der Waals surface area (Å²) in [5.74, 6) is 3.16. The van der Waals surface area contributed by atoms with Gasteiger partial charge >= 0.3 is 0 Å². The van der Waals surface area contributed by atoms with Crippen molar-refractivity contribution in [3.05, 3.63) is 77.1 Å². The number of ketones is 1. The van der Waals surface area contributed by atoms with Gasteiger partial charge in [-0.05, 0) is 52.1 Å². The number of methoxy groups -OCH3 is 2. The third-order valence-electron chi connectivity index (χ3n) is 6.37. The SMILES string of the molecule is COc1ccc(C2C3=C(CC(C)(C)CC3=O)Oc3ccc4ccc(OC)cc4c32)cc1. The van der Waals surface area contributed by atoms with Gasteiger partial charge in [-0.25, -0.2) is 0 Å². The molecule has 3 aromatic rings. The Labute approximate surface area is 182 Å². The molecule has 1 aliphatic carbocycles. The number of carbonyl (C=O) groups is 1. The molecule has 0 amide bonds. The van der Waals surface area contributed by atoms with Gasteiger partial charge in [0.15, 0.2) is 5.78 Å². The molecule has 1 heterocycles. The van der Waals surface area contributed by atoms with Gasteiger partial charge in [0.05, 0.1) is 14.2 Å². The van der Waals surface area contributed by atoms with Crippen molar-refractivity contribution in [2.75, 3.05) is 14.2 Å². The van der Waals surface area contributed by atoms with Crippen molar-refractivity contribution in [1.82, 2.24) is 0 Å². The van der Waals surface area contributed by atoms with E-state index >= 15 is 0 Å². The van der Waals surface area contributed by atoms with Crippen molar-refractivity contribution >= 4 is 16.6 Å². The Morgan fingerprint density at radius 3 is 2.29 bits per heavy atom. The fourth-order valence-corrected chi connectivity index (χ4v) is 4.91. The fraction of sp³-hybridized carbons (Fsp3) is 0.296. The molecule has 0 saturated carbocycles. The molecule has 0 saturated heterocycles. The van der Waals surface area contributed by atoms with Crippen molar-refractivity contribution in [3.63, 3.8) is 0 Å². The number of rotatable bonds is 3. The van der Waals surface area contributed by atoms with Crippen molar-refractivity contribution in [2.24, 2.45) is 5.41 Å². The lowest BCUT2D eigenvalue weighted by atomic mass is 9.69. The number of allylic oxidation sites excluding steroid dienone is 2. The van der Waals surface area contributed by atoms with E-state index in [2.05, 4.69) is 38.1 Å². The van der Waals surface area contributed by atoms with Gasteiger partial charge in [0, 0.05) is 29.9 Å². The molecule has 1 aliphatic heterocycles. The highest BCUT2D eigenvalue weighted by atomic mass is 16.5. The number of carbonyl (C=O) groups excluding carboxylic acids is 1. The maximum atomic E-state index is 13.4. The normalized spacial score (nSPS) is 19.5. The molecule has 0 N–H and O–H groups in total. The Balaban J connectivity index is 1.79. The average Bonchev–Trinajstić information content (AvgIpc) is 2.76. The Bertz CT molecular complexity index is 1220. The van der Waals surface area contributed by atoms with E-state index in [-0.39, 0.29) is 17.1 Å². The summed E-state index contributed by atoms with van der Waals surface area (Å²) in [4.78, 5) is 13.4. The Hall–Kier alpha value is -3.27. The standard InChI is InChI=1S/C27H26O4/c1-27(2)14-21(28)26-23(15-27)31-22-12-8-16-5-11-19(30-4)13-20(16)25(22)24(26)17-6-9-18(29-3)10-7-17/h5-13,24H,14-15H2,1-4H3. The second-order valence-electron chi connectivity index (χ2n) is 9.15. The summed E-state index contributed by atoms with van der Waals surface area (Å²) < 4.78 is 17.3. The molecular formula is C27H26O4. The van der Waals surface area contributed by atoms with Gasteiger partial charge in [0.2, 0.25) is 0 Å². The van der Waals surface area contributed by atoms with Crippen LogP contribution >= 0.6 is 0 Å². The van der Waals surface area contributed by atoms with Crippen LogP contribution in [-0.2, 0) is 4.79 Å². The summed E-state index contributed by atoms with van der Waals surface area (Å²) in [6.45, 7) is 4.25. The summed E-state index contributed by atoms with van der Waals surface area (Å²) in [6, 6.07) is 18.1. The summed E-state index contributed by atoms with van der Waals surface area (Å²) in [7, 11) is 3.33. The molecule has 3 aromatic carbocycles. The second kappa shape index (κ2) is 7.16.